The monoisotopic (exact) mass is 208 g/mol. The van der Waals surface area contributed by atoms with Crippen LogP contribution < -0.4 is 5.73 Å². The Hall–Kier alpha value is -1.78. The number of amides is 1. The smallest absolute Gasteiger partial charge is 0.271 e. The number of aromatic nitrogens is 2. The molecule has 0 radical (unpaired) electrons. The Morgan fingerprint density at radius 2 is 2.53 bits per heavy atom. The molecule has 15 heavy (non-hydrogen) atoms. The quantitative estimate of drug-likeness (QED) is 0.560. The van der Waals surface area contributed by atoms with Crippen LogP contribution in [0, 0.1) is 0 Å². The van der Waals surface area contributed by atoms with Crippen LogP contribution in [0.5, 0.6) is 0 Å². The zero-order valence-corrected chi connectivity index (χ0v) is 8.86. The summed E-state index contributed by atoms with van der Waals surface area (Å²) in [5, 5.41) is 6.30. The first-order valence-corrected chi connectivity index (χ1v) is 4.82. The maximum absolute atomic E-state index is 11.7. The first kappa shape index (κ1) is 11.3. The summed E-state index contributed by atoms with van der Waals surface area (Å²) >= 11 is 0. The van der Waals surface area contributed by atoms with Crippen molar-refractivity contribution in [1.29, 1.82) is 0 Å². The number of carbonyl (C=O) groups excluding carboxylic acids is 1. The van der Waals surface area contributed by atoms with Crippen LogP contribution in [0.4, 0.5) is 5.82 Å². The highest BCUT2D eigenvalue weighted by atomic mass is 16.2. The summed E-state index contributed by atoms with van der Waals surface area (Å²) in [5.41, 5.74) is 5.84. The van der Waals surface area contributed by atoms with Crippen LogP contribution in [0.1, 0.15) is 23.3 Å². The first-order chi connectivity index (χ1) is 7.15. The van der Waals surface area contributed by atoms with Gasteiger partial charge >= 0.3 is 0 Å². The third-order valence-electron chi connectivity index (χ3n) is 2.08. The summed E-state index contributed by atoms with van der Waals surface area (Å²) in [6.45, 7) is 4.33. The largest absolute Gasteiger partial charge is 0.382 e. The van der Waals surface area contributed by atoms with Gasteiger partial charge in [0, 0.05) is 19.7 Å². The molecule has 0 aromatic carbocycles. The van der Waals surface area contributed by atoms with E-state index in [1.54, 1.807) is 11.9 Å². The molecule has 5 heteroatoms. The fourth-order valence-corrected chi connectivity index (χ4v) is 1.23. The number of aromatic amines is 1. The summed E-state index contributed by atoms with van der Waals surface area (Å²) in [4.78, 5) is 13.4. The molecule has 3 N–H and O–H groups in total. The van der Waals surface area contributed by atoms with E-state index < -0.39 is 0 Å². The molecule has 0 aliphatic heterocycles. The second kappa shape index (κ2) is 5.19. The van der Waals surface area contributed by atoms with Crippen LogP contribution in [0.2, 0.25) is 0 Å². The number of nitrogens with two attached hydrogens (primary N) is 1. The first-order valence-electron chi connectivity index (χ1n) is 4.82. The summed E-state index contributed by atoms with van der Waals surface area (Å²) in [6.07, 6.45) is 3.66. The van der Waals surface area contributed by atoms with Crippen LogP contribution in [-0.4, -0.2) is 34.6 Å². The third kappa shape index (κ3) is 3.12. The van der Waals surface area contributed by atoms with E-state index in [0.717, 1.165) is 12.8 Å². The van der Waals surface area contributed by atoms with E-state index >= 15 is 0 Å². The number of nitrogens with one attached hydrogen (secondary N) is 1. The standard InChI is InChI=1S/C10H16N4O/c1-3-4-5-6-14(2)10(15)8-7-9(11)13-12-8/h3,7H,1,4-6H2,2H3,(H3,11,12,13). The maximum Gasteiger partial charge on any atom is 0.271 e. The highest BCUT2D eigenvalue weighted by Gasteiger charge is 2.13. The Morgan fingerprint density at radius 3 is 3.07 bits per heavy atom. The number of nitrogen functional groups attached to an aromatic ring is 1. The van der Waals surface area contributed by atoms with E-state index in [0.29, 0.717) is 18.1 Å². The van der Waals surface area contributed by atoms with Gasteiger partial charge in [0.2, 0.25) is 0 Å². The number of anilines is 1. The van der Waals surface area contributed by atoms with E-state index in [9.17, 15) is 4.79 Å². The fourth-order valence-electron chi connectivity index (χ4n) is 1.23. The van der Waals surface area contributed by atoms with Crippen molar-refractivity contribution in [3.63, 3.8) is 0 Å². The van der Waals surface area contributed by atoms with E-state index in [4.69, 9.17) is 5.73 Å². The molecule has 0 spiro atoms. The van der Waals surface area contributed by atoms with Gasteiger partial charge in [-0.1, -0.05) is 6.08 Å². The second-order valence-electron chi connectivity index (χ2n) is 3.36. The Labute approximate surface area is 89.0 Å². The van der Waals surface area contributed by atoms with Gasteiger partial charge in [-0.3, -0.25) is 9.89 Å². The molecule has 1 heterocycles. The van der Waals surface area contributed by atoms with Gasteiger partial charge in [-0.25, -0.2) is 0 Å². The highest BCUT2D eigenvalue weighted by Crippen LogP contribution is 2.04. The number of rotatable bonds is 5. The molecule has 82 valence electrons. The SMILES string of the molecule is C=CCCCN(C)C(=O)c1cc(N)n[nH]1. The van der Waals surface area contributed by atoms with Crippen molar-refractivity contribution in [1.82, 2.24) is 15.1 Å². The lowest BCUT2D eigenvalue weighted by Crippen LogP contribution is -2.27. The number of unbranched alkanes of at least 4 members (excludes halogenated alkanes) is 1. The Bertz CT molecular complexity index is 345. The van der Waals surface area contributed by atoms with Crippen LogP contribution in [0.3, 0.4) is 0 Å². The van der Waals surface area contributed by atoms with Gasteiger partial charge < -0.3 is 10.6 Å². The topological polar surface area (TPSA) is 75.0 Å². The molecule has 0 atom stereocenters. The minimum absolute atomic E-state index is 0.0942. The lowest BCUT2D eigenvalue weighted by Gasteiger charge is -2.15. The van der Waals surface area contributed by atoms with Crippen LogP contribution in [0.25, 0.3) is 0 Å². The minimum Gasteiger partial charge on any atom is -0.382 e. The molecule has 1 aromatic rings. The molecule has 0 saturated carbocycles. The summed E-state index contributed by atoms with van der Waals surface area (Å²) in [5.74, 6) is 0.237. The molecule has 1 amide bonds. The van der Waals surface area contributed by atoms with Gasteiger partial charge in [0.25, 0.3) is 5.91 Å². The number of carbonyl (C=O) groups is 1. The van der Waals surface area contributed by atoms with Crippen LogP contribution in [-0.2, 0) is 0 Å². The number of hydrogen-bond acceptors (Lipinski definition) is 3. The zero-order chi connectivity index (χ0) is 11.3. The second-order valence-corrected chi connectivity index (χ2v) is 3.36. The Balaban J connectivity index is 2.49. The van der Waals surface area contributed by atoms with Crippen molar-refractivity contribution in [3.8, 4) is 0 Å². The molecule has 0 aliphatic carbocycles. The van der Waals surface area contributed by atoms with E-state index in [-0.39, 0.29) is 5.91 Å². The predicted octanol–water partition coefficient (Wildman–Crippen LogP) is 1.03. The molecule has 0 unspecified atom stereocenters. The molecule has 0 aliphatic rings. The van der Waals surface area contributed by atoms with Gasteiger partial charge in [0.1, 0.15) is 11.5 Å². The molecule has 5 nitrogen and oxygen atoms in total. The van der Waals surface area contributed by atoms with Crippen molar-refractivity contribution in [2.45, 2.75) is 12.8 Å². The molecule has 0 saturated heterocycles. The zero-order valence-electron chi connectivity index (χ0n) is 8.86. The highest BCUT2D eigenvalue weighted by molar-refractivity contribution is 5.92. The van der Waals surface area contributed by atoms with E-state index in [1.165, 1.54) is 6.07 Å². The minimum atomic E-state index is -0.0942. The van der Waals surface area contributed by atoms with E-state index in [2.05, 4.69) is 16.8 Å². The van der Waals surface area contributed by atoms with Crippen LogP contribution >= 0.6 is 0 Å². The lowest BCUT2D eigenvalue weighted by molar-refractivity contribution is 0.0788. The average Bonchev–Trinajstić information content (AvgIpc) is 2.64. The predicted molar refractivity (Wildman–Crippen MR) is 59.4 cm³/mol. The summed E-state index contributed by atoms with van der Waals surface area (Å²) in [7, 11) is 1.75. The molecular weight excluding hydrogens is 192 g/mol. The molecule has 1 aromatic heterocycles. The molecular formula is C10H16N4O. The van der Waals surface area contributed by atoms with Gasteiger partial charge in [-0.15, -0.1) is 6.58 Å². The Morgan fingerprint density at radius 1 is 1.80 bits per heavy atom. The van der Waals surface area contributed by atoms with Gasteiger partial charge in [0.05, 0.1) is 0 Å². The third-order valence-corrected chi connectivity index (χ3v) is 2.08. The van der Waals surface area contributed by atoms with Crippen molar-refractivity contribution in [3.05, 3.63) is 24.4 Å². The van der Waals surface area contributed by atoms with Crippen molar-refractivity contribution in [2.75, 3.05) is 19.3 Å². The maximum atomic E-state index is 11.7. The Kier molecular flexibility index (Phi) is 3.91. The molecule has 0 bridgehead atoms. The normalized spacial score (nSPS) is 9.93. The average molecular weight is 208 g/mol. The summed E-state index contributed by atoms with van der Waals surface area (Å²) < 4.78 is 0. The van der Waals surface area contributed by atoms with Gasteiger partial charge in [-0.05, 0) is 12.8 Å². The van der Waals surface area contributed by atoms with Crippen LogP contribution in [0.15, 0.2) is 18.7 Å². The fraction of sp³-hybridized carbons (Fsp3) is 0.400. The number of allylic oxidation sites excluding steroid dienone is 1. The van der Waals surface area contributed by atoms with Crippen molar-refractivity contribution >= 4 is 11.7 Å². The number of H-pyrrole nitrogens is 1. The molecule has 1 rings (SSSR count). The van der Waals surface area contributed by atoms with Gasteiger partial charge in [0.15, 0.2) is 0 Å². The van der Waals surface area contributed by atoms with Crippen molar-refractivity contribution < 1.29 is 4.79 Å². The summed E-state index contributed by atoms with van der Waals surface area (Å²) in [6, 6.07) is 1.53. The number of hydrogen-bond donors (Lipinski definition) is 2. The lowest BCUT2D eigenvalue weighted by atomic mass is 10.3. The van der Waals surface area contributed by atoms with Crippen molar-refractivity contribution in [2.24, 2.45) is 0 Å². The van der Waals surface area contributed by atoms with E-state index in [1.807, 2.05) is 6.08 Å². The van der Waals surface area contributed by atoms with Gasteiger partial charge in [-0.2, -0.15) is 5.10 Å². The number of nitrogens with zero attached hydrogens (tertiary/aromatic N) is 2. The molecule has 0 fully saturated rings.